The van der Waals surface area contributed by atoms with Gasteiger partial charge in [-0.2, -0.15) is 0 Å². The molecule has 0 bridgehead atoms. The van der Waals surface area contributed by atoms with Crippen molar-refractivity contribution >= 4 is 0 Å². The average molecular weight is 286 g/mol. The highest BCUT2D eigenvalue weighted by molar-refractivity contribution is 5.54. The summed E-state index contributed by atoms with van der Waals surface area (Å²) in [7, 11) is 4.01. The highest BCUT2D eigenvalue weighted by Gasteiger charge is 2.30. The predicted octanol–water partition coefficient (Wildman–Crippen LogP) is 1.68. The average Bonchev–Trinajstić information content (AvgIpc) is 3.27. The summed E-state index contributed by atoms with van der Waals surface area (Å²) >= 11 is 0. The van der Waals surface area contributed by atoms with Gasteiger partial charge >= 0.3 is 0 Å². The summed E-state index contributed by atoms with van der Waals surface area (Å²) < 4.78 is 2.02. The molecule has 1 heterocycles. The Hall–Kier alpha value is -1.72. The van der Waals surface area contributed by atoms with Crippen LogP contribution < -0.4 is 0 Å². The number of hydrogen-bond acceptors (Lipinski definition) is 4. The zero-order valence-electron chi connectivity index (χ0n) is 12.6. The number of nitrogens with zero attached hydrogens (tertiary/aromatic N) is 4. The van der Waals surface area contributed by atoms with Crippen molar-refractivity contribution in [3.63, 3.8) is 0 Å². The van der Waals surface area contributed by atoms with Crippen molar-refractivity contribution in [3.8, 4) is 11.4 Å². The molecule has 1 atom stereocenters. The van der Waals surface area contributed by atoms with Gasteiger partial charge in [0.25, 0.3) is 0 Å². The molecule has 21 heavy (non-hydrogen) atoms. The van der Waals surface area contributed by atoms with Crippen LogP contribution in [0.3, 0.4) is 0 Å². The van der Waals surface area contributed by atoms with E-state index < -0.39 is 0 Å². The third-order valence-electron chi connectivity index (χ3n) is 4.07. The molecule has 0 aliphatic heterocycles. The number of aliphatic hydroxyl groups is 1. The zero-order valence-corrected chi connectivity index (χ0v) is 12.6. The molecule has 1 aromatic carbocycles. The van der Waals surface area contributed by atoms with Crippen molar-refractivity contribution in [1.82, 2.24) is 19.7 Å². The maximum absolute atomic E-state index is 10.0. The zero-order chi connectivity index (χ0) is 14.8. The standard InChI is InChI=1S/C16H22N4O/c1-19(10-14(21)12-8-9-12)11-15-17-18-16(20(15)2)13-6-4-3-5-7-13/h3-7,12,14,21H,8-11H2,1-2H3. The molecule has 1 aliphatic carbocycles. The molecule has 3 rings (SSSR count). The summed E-state index contributed by atoms with van der Waals surface area (Å²) in [6.45, 7) is 1.39. The normalized spacial score (nSPS) is 16.4. The summed E-state index contributed by atoms with van der Waals surface area (Å²) in [5, 5.41) is 18.6. The summed E-state index contributed by atoms with van der Waals surface area (Å²) in [5.41, 5.74) is 1.07. The van der Waals surface area contributed by atoms with Crippen LogP contribution in [0, 0.1) is 5.92 Å². The second kappa shape index (κ2) is 5.95. The monoisotopic (exact) mass is 286 g/mol. The maximum atomic E-state index is 10.0. The fraction of sp³-hybridized carbons (Fsp3) is 0.500. The van der Waals surface area contributed by atoms with Crippen LogP contribution in [-0.2, 0) is 13.6 Å². The van der Waals surface area contributed by atoms with Crippen LogP contribution in [0.4, 0.5) is 0 Å². The van der Waals surface area contributed by atoms with Gasteiger partial charge in [-0.3, -0.25) is 4.90 Å². The van der Waals surface area contributed by atoms with Crippen molar-refractivity contribution in [1.29, 1.82) is 0 Å². The van der Waals surface area contributed by atoms with E-state index in [-0.39, 0.29) is 6.10 Å². The van der Waals surface area contributed by atoms with Crippen LogP contribution >= 0.6 is 0 Å². The third kappa shape index (κ3) is 3.31. The van der Waals surface area contributed by atoms with E-state index in [1.807, 2.05) is 49.0 Å². The number of aromatic nitrogens is 3. The molecule has 1 unspecified atom stereocenters. The van der Waals surface area contributed by atoms with E-state index in [4.69, 9.17) is 0 Å². The lowest BCUT2D eigenvalue weighted by atomic mass is 10.2. The maximum Gasteiger partial charge on any atom is 0.163 e. The molecule has 1 fully saturated rings. The molecule has 112 valence electrons. The van der Waals surface area contributed by atoms with Crippen molar-refractivity contribution in [2.75, 3.05) is 13.6 Å². The smallest absolute Gasteiger partial charge is 0.163 e. The molecule has 1 saturated carbocycles. The van der Waals surface area contributed by atoms with Crippen LogP contribution in [0.5, 0.6) is 0 Å². The van der Waals surface area contributed by atoms with Crippen LogP contribution in [0.1, 0.15) is 18.7 Å². The molecule has 5 heteroatoms. The molecule has 5 nitrogen and oxygen atoms in total. The van der Waals surface area contributed by atoms with Gasteiger partial charge < -0.3 is 9.67 Å². The van der Waals surface area contributed by atoms with E-state index in [2.05, 4.69) is 15.1 Å². The molecule has 1 aromatic heterocycles. The Morgan fingerprint density at radius 1 is 1.29 bits per heavy atom. The number of aliphatic hydroxyl groups excluding tert-OH is 1. The van der Waals surface area contributed by atoms with Gasteiger partial charge in [-0.25, -0.2) is 0 Å². The van der Waals surface area contributed by atoms with Crippen LogP contribution in [0.2, 0.25) is 0 Å². The molecule has 0 radical (unpaired) electrons. The Bertz CT molecular complexity index is 592. The summed E-state index contributed by atoms with van der Waals surface area (Å²) in [5.74, 6) is 2.30. The van der Waals surface area contributed by atoms with Crippen molar-refractivity contribution < 1.29 is 5.11 Å². The van der Waals surface area contributed by atoms with Crippen molar-refractivity contribution in [3.05, 3.63) is 36.2 Å². The summed E-state index contributed by atoms with van der Waals surface area (Å²) in [4.78, 5) is 2.11. The molecule has 0 amide bonds. The molecule has 0 spiro atoms. The minimum atomic E-state index is -0.211. The first-order chi connectivity index (χ1) is 10.1. The van der Waals surface area contributed by atoms with Crippen molar-refractivity contribution in [2.45, 2.75) is 25.5 Å². The highest BCUT2D eigenvalue weighted by atomic mass is 16.3. The number of rotatable bonds is 6. The summed E-state index contributed by atoms with van der Waals surface area (Å²) in [6.07, 6.45) is 2.12. The Morgan fingerprint density at radius 2 is 2.00 bits per heavy atom. The van der Waals surface area contributed by atoms with E-state index in [9.17, 15) is 5.11 Å². The van der Waals surface area contributed by atoms with Gasteiger partial charge in [0.15, 0.2) is 5.82 Å². The van der Waals surface area contributed by atoms with E-state index in [1.165, 1.54) is 0 Å². The van der Waals surface area contributed by atoms with Gasteiger partial charge in [-0.15, -0.1) is 10.2 Å². The first-order valence-electron chi connectivity index (χ1n) is 7.45. The van der Waals surface area contributed by atoms with Crippen molar-refractivity contribution in [2.24, 2.45) is 13.0 Å². The van der Waals surface area contributed by atoms with Gasteiger partial charge in [-0.05, 0) is 25.8 Å². The Labute approximate surface area is 125 Å². The first-order valence-corrected chi connectivity index (χ1v) is 7.45. The molecule has 0 saturated heterocycles. The van der Waals surface area contributed by atoms with E-state index in [0.717, 1.165) is 30.1 Å². The Morgan fingerprint density at radius 3 is 2.67 bits per heavy atom. The summed E-state index contributed by atoms with van der Waals surface area (Å²) in [6, 6.07) is 10.1. The second-order valence-corrected chi connectivity index (χ2v) is 5.97. The van der Waals surface area contributed by atoms with Crippen LogP contribution in [0.15, 0.2) is 30.3 Å². The highest BCUT2D eigenvalue weighted by Crippen LogP contribution is 2.32. The fourth-order valence-corrected chi connectivity index (χ4v) is 2.59. The topological polar surface area (TPSA) is 54.2 Å². The van der Waals surface area contributed by atoms with Gasteiger partial charge in [0.1, 0.15) is 5.82 Å². The van der Waals surface area contributed by atoms with E-state index >= 15 is 0 Å². The van der Waals surface area contributed by atoms with Gasteiger partial charge in [0.2, 0.25) is 0 Å². The lowest BCUT2D eigenvalue weighted by Gasteiger charge is -2.19. The second-order valence-electron chi connectivity index (χ2n) is 5.97. The molecular weight excluding hydrogens is 264 g/mol. The van der Waals surface area contributed by atoms with Gasteiger partial charge in [-0.1, -0.05) is 30.3 Å². The van der Waals surface area contributed by atoms with Gasteiger partial charge in [0, 0.05) is 19.2 Å². The van der Waals surface area contributed by atoms with Crippen LogP contribution in [0.25, 0.3) is 11.4 Å². The fourth-order valence-electron chi connectivity index (χ4n) is 2.59. The molecule has 1 N–H and O–H groups in total. The minimum Gasteiger partial charge on any atom is -0.392 e. The van der Waals surface area contributed by atoms with Gasteiger partial charge in [0.05, 0.1) is 12.6 Å². The molecule has 1 aliphatic rings. The Kier molecular flexibility index (Phi) is 4.03. The lowest BCUT2D eigenvalue weighted by molar-refractivity contribution is 0.103. The molecular formula is C16H22N4O. The predicted molar refractivity (Wildman–Crippen MR) is 81.5 cm³/mol. The Balaban J connectivity index is 1.67. The largest absolute Gasteiger partial charge is 0.392 e. The van der Waals surface area contributed by atoms with E-state index in [0.29, 0.717) is 19.0 Å². The quantitative estimate of drug-likeness (QED) is 0.878. The molecule has 2 aromatic rings. The van der Waals surface area contributed by atoms with E-state index in [1.54, 1.807) is 0 Å². The number of hydrogen-bond donors (Lipinski definition) is 1. The van der Waals surface area contributed by atoms with Crippen LogP contribution in [-0.4, -0.2) is 44.5 Å². The lowest BCUT2D eigenvalue weighted by Crippen LogP contribution is -2.30. The number of benzene rings is 1. The third-order valence-corrected chi connectivity index (χ3v) is 4.07. The first kappa shape index (κ1) is 14.2. The number of likely N-dealkylation sites (N-methyl/N-ethyl adjacent to an activating group) is 1. The minimum absolute atomic E-state index is 0.211. The SMILES string of the molecule is CN(Cc1nnc(-c2ccccc2)n1C)CC(O)C1CC1.